The van der Waals surface area contributed by atoms with Gasteiger partial charge in [0.05, 0.1) is 17.2 Å². The third-order valence-electron chi connectivity index (χ3n) is 4.99. The third-order valence-corrected chi connectivity index (χ3v) is 5.90. The molecule has 0 radical (unpaired) electrons. The molecular weight excluding hydrogens is 434 g/mol. The van der Waals surface area contributed by atoms with Crippen LogP contribution in [-0.2, 0) is 4.79 Å². The number of aromatic nitrogens is 3. The summed E-state index contributed by atoms with van der Waals surface area (Å²) < 4.78 is 0. The number of benzene rings is 3. The average Bonchev–Trinajstić information content (AvgIpc) is 3.46. The van der Waals surface area contributed by atoms with E-state index in [4.69, 9.17) is 0 Å². The lowest BCUT2D eigenvalue weighted by molar-refractivity contribution is -0.114. The van der Waals surface area contributed by atoms with E-state index >= 15 is 0 Å². The van der Waals surface area contributed by atoms with Crippen LogP contribution in [0, 0.1) is 0 Å². The number of carbonyl (C=O) groups excluding carboxylic acids is 2. The summed E-state index contributed by atoms with van der Waals surface area (Å²) in [7, 11) is 0. The number of nitrogens with one attached hydrogen (secondary N) is 3. The number of H-pyrrole nitrogens is 1. The predicted molar refractivity (Wildman–Crippen MR) is 131 cm³/mol. The fourth-order valence-corrected chi connectivity index (χ4v) is 4.25. The van der Waals surface area contributed by atoms with E-state index in [2.05, 4.69) is 31.7 Å². The number of hydrogen-bond donors (Lipinski definition) is 3. The van der Waals surface area contributed by atoms with Crippen molar-refractivity contribution in [2.75, 3.05) is 10.6 Å². The summed E-state index contributed by atoms with van der Waals surface area (Å²) in [6.07, 6.45) is 1.45. The van der Waals surface area contributed by atoms with E-state index in [0.717, 1.165) is 44.9 Å². The van der Waals surface area contributed by atoms with Gasteiger partial charge < -0.3 is 15.6 Å². The second kappa shape index (κ2) is 8.68. The van der Waals surface area contributed by atoms with E-state index in [1.165, 1.54) is 13.1 Å². The number of para-hydroxylation sites is 2. The number of thiazole rings is 1. The molecule has 162 valence electrons. The average molecular weight is 454 g/mol. The van der Waals surface area contributed by atoms with Crippen molar-refractivity contribution in [2.24, 2.45) is 0 Å². The van der Waals surface area contributed by atoms with Gasteiger partial charge in [0.2, 0.25) is 5.91 Å². The molecule has 0 bridgehead atoms. The number of nitrogens with zero attached hydrogens (tertiary/aromatic N) is 2. The van der Waals surface area contributed by atoms with Crippen LogP contribution < -0.4 is 10.6 Å². The second-order valence-electron chi connectivity index (χ2n) is 7.43. The van der Waals surface area contributed by atoms with Crippen LogP contribution in [0.3, 0.4) is 0 Å². The van der Waals surface area contributed by atoms with Crippen LogP contribution in [0.2, 0.25) is 0 Å². The summed E-state index contributed by atoms with van der Waals surface area (Å²) in [6.45, 7) is 1.40. The lowest BCUT2D eigenvalue weighted by atomic mass is 10.0. The number of fused-ring (bicyclic) bond motifs is 1. The molecule has 7 nitrogen and oxygen atoms in total. The molecule has 5 aromatic rings. The monoisotopic (exact) mass is 453 g/mol. The number of imidazole rings is 1. The fraction of sp³-hybridized carbons (Fsp3) is 0.0400. The minimum absolute atomic E-state index is 0.228. The van der Waals surface area contributed by atoms with E-state index in [-0.39, 0.29) is 11.8 Å². The van der Waals surface area contributed by atoms with Crippen molar-refractivity contribution in [3.8, 4) is 22.5 Å². The molecule has 2 amide bonds. The number of rotatable bonds is 5. The number of anilines is 2. The molecule has 3 aromatic carbocycles. The summed E-state index contributed by atoms with van der Waals surface area (Å²) in [5.41, 5.74) is 5.54. The molecule has 0 saturated carbocycles. The van der Waals surface area contributed by atoms with Gasteiger partial charge in [0.25, 0.3) is 5.91 Å². The Morgan fingerprint density at radius 3 is 2.45 bits per heavy atom. The molecule has 33 heavy (non-hydrogen) atoms. The van der Waals surface area contributed by atoms with Crippen LogP contribution in [0.5, 0.6) is 0 Å². The van der Waals surface area contributed by atoms with Gasteiger partial charge in [-0.2, -0.15) is 0 Å². The standard InChI is InChI=1S/C25H19N5O2S/c1-15(31)27-25-26-14-22(33-25)24(32)28-19-9-5-7-17(13-19)16-6-4-8-18(12-16)23-29-20-10-2-3-11-21(20)30-23/h2-14H,1H3,(H,28,32)(H,29,30)(H,26,27,31). The Hall–Kier alpha value is -4.30. The highest BCUT2D eigenvalue weighted by Crippen LogP contribution is 2.28. The lowest BCUT2D eigenvalue weighted by Crippen LogP contribution is -2.10. The topological polar surface area (TPSA) is 99.8 Å². The van der Waals surface area contributed by atoms with E-state index in [9.17, 15) is 9.59 Å². The number of hydrogen-bond acceptors (Lipinski definition) is 5. The summed E-state index contributed by atoms with van der Waals surface area (Å²) in [5, 5.41) is 5.87. The van der Waals surface area contributed by atoms with Gasteiger partial charge >= 0.3 is 0 Å². The first-order valence-electron chi connectivity index (χ1n) is 10.3. The summed E-state index contributed by atoms with van der Waals surface area (Å²) in [4.78, 5) is 36.3. The molecule has 0 unspecified atom stereocenters. The van der Waals surface area contributed by atoms with E-state index in [1.807, 2.05) is 66.7 Å². The maximum Gasteiger partial charge on any atom is 0.267 e. The van der Waals surface area contributed by atoms with Crippen LogP contribution in [0.4, 0.5) is 10.8 Å². The minimum atomic E-state index is -0.280. The van der Waals surface area contributed by atoms with E-state index in [0.29, 0.717) is 15.7 Å². The molecule has 0 aliphatic heterocycles. The Labute approximate surface area is 193 Å². The van der Waals surface area contributed by atoms with Gasteiger partial charge in [0.1, 0.15) is 10.7 Å². The third kappa shape index (κ3) is 4.51. The van der Waals surface area contributed by atoms with Crippen molar-refractivity contribution in [1.29, 1.82) is 0 Å². The molecule has 0 saturated heterocycles. The van der Waals surface area contributed by atoms with Gasteiger partial charge in [-0.3, -0.25) is 9.59 Å². The van der Waals surface area contributed by atoms with Crippen LogP contribution in [0.1, 0.15) is 16.6 Å². The second-order valence-corrected chi connectivity index (χ2v) is 8.46. The number of amides is 2. The highest BCUT2D eigenvalue weighted by Gasteiger charge is 2.12. The molecule has 2 aromatic heterocycles. The first-order valence-corrected chi connectivity index (χ1v) is 11.1. The first-order chi connectivity index (χ1) is 16.0. The van der Waals surface area contributed by atoms with Gasteiger partial charge in [0, 0.05) is 18.2 Å². The Kier molecular flexibility index (Phi) is 5.42. The van der Waals surface area contributed by atoms with Crippen molar-refractivity contribution in [2.45, 2.75) is 6.92 Å². The van der Waals surface area contributed by atoms with Crippen molar-refractivity contribution in [3.63, 3.8) is 0 Å². The SMILES string of the molecule is CC(=O)Nc1ncc(C(=O)Nc2cccc(-c3cccc(-c4nc5ccccc5[nH]4)c3)c2)s1. The van der Waals surface area contributed by atoms with Gasteiger partial charge in [-0.15, -0.1) is 0 Å². The molecule has 2 heterocycles. The summed E-state index contributed by atoms with van der Waals surface area (Å²) in [6, 6.07) is 23.7. The van der Waals surface area contributed by atoms with Crippen molar-refractivity contribution >= 4 is 45.0 Å². The Morgan fingerprint density at radius 1 is 0.879 bits per heavy atom. The molecule has 0 spiro atoms. The Balaban J connectivity index is 1.38. The van der Waals surface area contributed by atoms with Gasteiger partial charge in [-0.05, 0) is 41.5 Å². The Morgan fingerprint density at radius 2 is 1.64 bits per heavy atom. The molecule has 0 fully saturated rings. The van der Waals surface area contributed by atoms with Crippen LogP contribution in [0.15, 0.2) is 79.0 Å². The summed E-state index contributed by atoms with van der Waals surface area (Å²) in [5.74, 6) is 0.300. The highest BCUT2D eigenvalue weighted by atomic mass is 32.1. The molecule has 8 heteroatoms. The molecule has 0 atom stereocenters. The normalized spacial score (nSPS) is 10.8. The maximum absolute atomic E-state index is 12.6. The van der Waals surface area contributed by atoms with Gasteiger partial charge in [-0.25, -0.2) is 9.97 Å². The zero-order valence-electron chi connectivity index (χ0n) is 17.6. The van der Waals surface area contributed by atoms with Gasteiger partial charge in [-0.1, -0.05) is 53.8 Å². The lowest BCUT2D eigenvalue weighted by Gasteiger charge is -2.08. The zero-order chi connectivity index (χ0) is 22.8. The summed E-state index contributed by atoms with van der Waals surface area (Å²) >= 11 is 1.12. The zero-order valence-corrected chi connectivity index (χ0v) is 18.4. The maximum atomic E-state index is 12.6. The van der Waals surface area contributed by atoms with E-state index in [1.54, 1.807) is 0 Å². The predicted octanol–water partition coefficient (Wildman–Crippen LogP) is 5.56. The number of aromatic amines is 1. The van der Waals surface area contributed by atoms with Crippen LogP contribution in [0.25, 0.3) is 33.5 Å². The molecule has 5 rings (SSSR count). The Bertz CT molecular complexity index is 1450. The smallest absolute Gasteiger partial charge is 0.267 e. The van der Waals surface area contributed by atoms with E-state index < -0.39 is 0 Å². The highest BCUT2D eigenvalue weighted by molar-refractivity contribution is 7.17. The number of carbonyl (C=O) groups is 2. The van der Waals surface area contributed by atoms with Crippen LogP contribution in [-0.4, -0.2) is 26.8 Å². The van der Waals surface area contributed by atoms with Crippen LogP contribution >= 0.6 is 11.3 Å². The minimum Gasteiger partial charge on any atom is -0.338 e. The quantitative estimate of drug-likeness (QED) is 0.324. The van der Waals surface area contributed by atoms with Gasteiger partial charge in [0.15, 0.2) is 5.13 Å². The van der Waals surface area contributed by atoms with Crippen molar-refractivity contribution in [3.05, 3.63) is 83.9 Å². The molecule has 3 N–H and O–H groups in total. The largest absolute Gasteiger partial charge is 0.338 e. The van der Waals surface area contributed by atoms with Crippen molar-refractivity contribution in [1.82, 2.24) is 15.0 Å². The first kappa shape index (κ1) is 20.6. The molecule has 0 aliphatic rings. The molecular formula is C25H19N5O2S. The fourth-order valence-electron chi connectivity index (χ4n) is 3.49. The van der Waals surface area contributed by atoms with Crippen molar-refractivity contribution < 1.29 is 9.59 Å². The molecule has 0 aliphatic carbocycles.